The first-order valence-electron chi connectivity index (χ1n) is 10.1. The topological polar surface area (TPSA) is 27.1 Å². The summed E-state index contributed by atoms with van der Waals surface area (Å²) in [6.07, 6.45) is 5.08. The second-order valence-electron chi connectivity index (χ2n) is 7.21. The van der Waals surface area contributed by atoms with E-state index in [2.05, 4.69) is 85.2 Å². The quantitative estimate of drug-likeness (QED) is 0.360. The zero-order chi connectivity index (χ0) is 20.1. The number of para-hydroxylation sites is 2. The van der Waals surface area contributed by atoms with Crippen molar-refractivity contribution in [3.63, 3.8) is 0 Å². The minimum absolute atomic E-state index is 0.102. The summed E-state index contributed by atoms with van der Waals surface area (Å²) in [7, 11) is 0. The smallest absolute Gasteiger partial charge is 0.156 e. The molecule has 1 aromatic heterocycles. The summed E-state index contributed by atoms with van der Waals surface area (Å²) in [5.41, 5.74) is 4.52. The molecule has 29 heavy (non-hydrogen) atoms. The highest BCUT2D eigenvalue weighted by molar-refractivity contribution is 5.76. The molecule has 0 aliphatic carbocycles. The van der Waals surface area contributed by atoms with Gasteiger partial charge in [-0.2, -0.15) is 0 Å². The van der Waals surface area contributed by atoms with Crippen molar-refractivity contribution in [1.29, 1.82) is 0 Å². The lowest BCUT2D eigenvalue weighted by molar-refractivity contribution is 0.187. The van der Waals surface area contributed by atoms with E-state index in [4.69, 9.17) is 9.72 Å². The molecular weight excluding hydrogens is 356 g/mol. The van der Waals surface area contributed by atoms with Crippen LogP contribution in [0.25, 0.3) is 17.1 Å². The Bertz CT molecular complexity index is 1110. The van der Waals surface area contributed by atoms with Crippen molar-refractivity contribution in [2.45, 2.75) is 32.9 Å². The van der Waals surface area contributed by atoms with Gasteiger partial charge in [0.25, 0.3) is 0 Å². The molecule has 1 heterocycles. The third-order valence-corrected chi connectivity index (χ3v) is 5.01. The number of hydrogen-bond acceptors (Lipinski definition) is 2. The zero-order valence-electron chi connectivity index (χ0n) is 17.0. The maximum atomic E-state index is 6.36. The van der Waals surface area contributed by atoms with Crippen LogP contribution in [0.2, 0.25) is 0 Å². The van der Waals surface area contributed by atoms with Gasteiger partial charge in [-0.25, -0.2) is 4.98 Å². The van der Waals surface area contributed by atoms with Gasteiger partial charge in [0.1, 0.15) is 5.75 Å². The number of ether oxygens (including phenoxy) is 1. The predicted molar refractivity (Wildman–Crippen MR) is 120 cm³/mol. The molecule has 0 saturated carbocycles. The molecule has 146 valence electrons. The number of rotatable bonds is 7. The van der Waals surface area contributed by atoms with E-state index >= 15 is 0 Å². The van der Waals surface area contributed by atoms with Crippen molar-refractivity contribution in [2.75, 3.05) is 0 Å². The van der Waals surface area contributed by atoms with Crippen LogP contribution in [0, 0.1) is 6.92 Å². The lowest BCUT2D eigenvalue weighted by Gasteiger charge is -2.19. The number of hydrogen-bond donors (Lipinski definition) is 0. The van der Waals surface area contributed by atoms with Gasteiger partial charge in [0, 0.05) is 6.54 Å². The van der Waals surface area contributed by atoms with Crippen molar-refractivity contribution in [1.82, 2.24) is 9.55 Å². The Kier molecular flexibility index (Phi) is 5.76. The fraction of sp³-hybridized carbons (Fsp3) is 0.192. The molecule has 0 amide bonds. The van der Waals surface area contributed by atoms with Crippen LogP contribution in [-0.2, 0) is 6.54 Å². The highest BCUT2D eigenvalue weighted by atomic mass is 16.5. The zero-order valence-corrected chi connectivity index (χ0v) is 17.0. The highest BCUT2D eigenvalue weighted by Crippen LogP contribution is 2.28. The summed E-state index contributed by atoms with van der Waals surface area (Å²) in [5.74, 6) is 1.85. The molecule has 0 spiro atoms. The lowest BCUT2D eigenvalue weighted by atomic mass is 10.2. The second-order valence-corrected chi connectivity index (χ2v) is 7.21. The Morgan fingerprint density at radius 1 is 0.966 bits per heavy atom. The Morgan fingerprint density at radius 3 is 2.55 bits per heavy atom. The molecule has 1 atom stereocenters. The minimum Gasteiger partial charge on any atom is -0.483 e. The highest BCUT2D eigenvalue weighted by Gasteiger charge is 2.20. The van der Waals surface area contributed by atoms with Crippen LogP contribution < -0.4 is 4.74 Å². The van der Waals surface area contributed by atoms with Crippen LogP contribution in [0.4, 0.5) is 0 Å². The number of nitrogens with zero attached hydrogens (tertiary/aromatic N) is 2. The summed E-state index contributed by atoms with van der Waals surface area (Å²) in [6, 6.07) is 26.9. The standard InChI is InChI=1S/C26H26N2O/c1-3-25(29-22-15-9-11-20(2)19-22)26-27-23-16-7-8-17-24(23)28(26)18-10-14-21-12-5-4-6-13-21/h4-17,19,25H,3,18H2,1-2H3/b14-10-. The monoisotopic (exact) mass is 382 g/mol. The summed E-state index contributed by atoms with van der Waals surface area (Å²) in [6.45, 7) is 4.97. The van der Waals surface area contributed by atoms with E-state index in [9.17, 15) is 0 Å². The molecule has 4 aromatic rings. The molecule has 3 nitrogen and oxygen atoms in total. The van der Waals surface area contributed by atoms with E-state index < -0.39 is 0 Å². The van der Waals surface area contributed by atoms with E-state index in [1.54, 1.807) is 0 Å². The number of allylic oxidation sites excluding steroid dienone is 1. The number of aromatic nitrogens is 2. The Labute approximate surface area is 172 Å². The van der Waals surface area contributed by atoms with Crippen LogP contribution in [-0.4, -0.2) is 9.55 Å². The Hall–Kier alpha value is -3.33. The van der Waals surface area contributed by atoms with Crippen molar-refractivity contribution >= 4 is 17.1 Å². The number of imidazole rings is 1. The normalized spacial score (nSPS) is 12.5. The molecule has 0 saturated heterocycles. The first kappa shape index (κ1) is 19.0. The van der Waals surface area contributed by atoms with E-state index in [-0.39, 0.29) is 6.10 Å². The van der Waals surface area contributed by atoms with Crippen molar-refractivity contribution < 1.29 is 4.74 Å². The van der Waals surface area contributed by atoms with Gasteiger partial charge in [-0.05, 0) is 48.7 Å². The second kappa shape index (κ2) is 8.78. The predicted octanol–water partition coefficient (Wildman–Crippen LogP) is 6.59. The van der Waals surface area contributed by atoms with Gasteiger partial charge in [-0.1, -0.05) is 73.7 Å². The van der Waals surface area contributed by atoms with E-state index in [0.29, 0.717) is 0 Å². The Balaban J connectivity index is 1.67. The molecular formula is C26H26N2O. The first-order valence-corrected chi connectivity index (χ1v) is 10.1. The third-order valence-electron chi connectivity index (χ3n) is 5.01. The molecule has 0 aliphatic rings. The molecule has 0 bridgehead atoms. The summed E-state index contributed by atoms with van der Waals surface area (Å²) < 4.78 is 8.62. The molecule has 0 fully saturated rings. The van der Waals surface area contributed by atoms with Gasteiger partial charge in [-0.3, -0.25) is 0 Å². The molecule has 3 heteroatoms. The SMILES string of the molecule is CCC(Oc1cccc(C)c1)c1nc2ccccc2n1C/C=C\c1ccccc1. The Morgan fingerprint density at radius 2 is 1.76 bits per heavy atom. The number of benzene rings is 3. The van der Waals surface area contributed by atoms with Gasteiger partial charge in [0.15, 0.2) is 11.9 Å². The van der Waals surface area contributed by atoms with Crippen molar-refractivity contribution in [2.24, 2.45) is 0 Å². The lowest BCUT2D eigenvalue weighted by Crippen LogP contribution is -2.14. The fourth-order valence-corrected chi connectivity index (χ4v) is 3.56. The van der Waals surface area contributed by atoms with Gasteiger partial charge >= 0.3 is 0 Å². The van der Waals surface area contributed by atoms with Gasteiger partial charge in [0.05, 0.1) is 11.0 Å². The number of fused-ring (bicyclic) bond motifs is 1. The van der Waals surface area contributed by atoms with Crippen LogP contribution in [0.5, 0.6) is 5.75 Å². The summed E-state index contributed by atoms with van der Waals surface area (Å²) in [4.78, 5) is 4.93. The third kappa shape index (κ3) is 4.40. The molecule has 4 rings (SSSR count). The average Bonchev–Trinajstić information content (AvgIpc) is 3.11. The molecule has 1 unspecified atom stereocenters. The van der Waals surface area contributed by atoms with E-state index in [1.807, 2.05) is 24.3 Å². The van der Waals surface area contributed by atoms with Gasteiger partial charge in [-0.15, -0.1) is 0 Å². The maximum Gasteiger partial charge on any atom is 0.156 e. The minimum atomic E-state index is -0.102. The summed E-state index contributed by atoms with van der Waals surface area (Å²) in [5, 5.41) is 0. The molecule has 0 radical (unpaired) electrons. The maximum absolute atomic E-state index is 6.36. The van der Waals surface area contributed by atoms with Crippen molar-refractivity contribution in [3.8, 4) is 5.75 Å². The largest absolute Gasteiger partial charge is 0.483 e. The first-order chi connectivity index (χ1) is 14.2. The van der Waals surface area contributed by atoms with Gasteiger partial charge < -0.3 is 9.30 Å². The van der Waals surface area contributed by atoms with E-state index in [1.165, 1.54) is 11.1 Å². The fourth-order valence-electron chi connectivity index (χ4n) is 3.56. The summed E-state index contributed by atoms with van der Waals surface area (Å²) >= 11 is 0. The van der Waals surface area contributed by atoms with Gasteiger partial charge in [0.2, 0.25) is 0 Å². The van der Waals surface area contributed by atoms with Crippen LogP contribution in [0.3, 0.4) is 0 Å². The van der Waals surface area contributed by atoms with Crippen LogP contribution in [0.15, 0.2) is 84.9 Å². The molecule has 0 N–H and O–H groups in total. The average molecular weight is 383 g/mol. The van der Waals surface area contributed by atoms with Crippen LogP contribution >= 0.6 is 0 Å². The number of aryl methyl sites for hydroxylation is 1. The van der Waals surface area contributed by atoms with Crippen LogP contribution in [0.1, 0.15) is 36.4 Å². The van der Waals surface area contributed by atoms with E-state index in [0.717, 1.165) is 35.6 Å². The molecule has 3 aromatic carbocycles. The van der Waals surface area contributed by atoms with Crippen molar-refractivity contribution in [3.05, 3.63) is 102 Å². The molecule has 0 aliphatic heterocycles.